The van der Waals surface area contributed by atoms with Crippen molar-refractivity contribution in [3.63, 3.8) is 0 Å². The van der Waals surface area contributed by atoms with Gasteiger partial charge in [0.25, 0.3) is 0 Å². The first-order chi connectivity index (χ1) is 9.76. The van der Waals surface area contributed by atoms with Crippen LogP contribution in [0, 0.1) is 0 Å². The van der Waals surface area contributed by atoms with Gasteiger partial charge in [0.15, 0.2) is 0 Å². The minimum atomic E-state index is 0.496. The predicted octanol–water partition coefficient (Wildman–Crippen LogP) is 2.99. The van der Waals surface area contributed by atoms with Gasteiger partial charge in [-0.15, -0.1) is 0 Å². The Kier molecular flexibility index (Phi) is 3.94. The first kappa shape index (κ1) is 13.5. The Hall–Kier alpha value is -1.52. The summed E-state index contributed by atoms with van der Waals surface area (Å²) in [5, 5.41) is 4.90. The molecule has 0 saturated carbocycles. The lowest BCUT2D eigenvalue weighted by Gasteiger charge is -2.41. The summed E-state index contributed by atoms with van der Waals surface area (Å²) >= 11 is 5.87. The molecule has 5 heteroatoms. The molecule has 1 aromatic carbocycles. The lowest BCUT2D eigenvalue weighted by molar-refractivity contribution is 0.0849. The Morgan fingerprint density at radius 1 is 1.40 bits per heavy atom. The third kappa shape index (κ3) is 2.81. The summed E-state index contributed by atoms with van der Waals surface area (Å²) in [6.45, 7) is 2.99. The molecule has 1 atom stereocenters. The van der Waals surface area contributed by atoms with Gasteiger partial charge in [-0.25, -0.2) is 0 Å². The Morgan fingerprint density at radius 2 is 2.30 bits per heavy atom. The average molecular weight is 292 g/mol. The minimum absolute atomic E-state index is 0.496. The van der Waals surface area contributed by atoms with Gasteiger partial charge in [-0.2, -0.15) is 5.10 Å². The van der Waals surface area contributed by atoms with E-state index in [9.17, 15) is 0 Å². The monoisotopic (exact) mass is 291 g/mol. The molecule has 2 heterocycles. The van der Waals surface area contributed by atoms with Gasteiger partial charge in [0.2, 0.25) is 0 Å². The van der Waals surface area contributed by atoms with E-state index in [0.29, 0.717) is 11.1 Å². The number of nitrogens with zero attached hydrogens (tertiary/aromatic N) is 3. The third-order valence-electron chi connectivity index (χ3n) is 3.83. The zero-order chi connectivity index (χ0) is 13.9. The number of halogens is 1. The number of rotatable bonds is 5. The zero-order valence-corrected chi connectivity index (χ0v) is 12.3. The van der Waals surface area contributed by atoms with E-state index < -0.39 is 0 Å². The van der Waals surface area contributed by atoms with Crippen molar-refractivity contribution in [2.45, 2.75) is 19.0 Å². The fraction of sp³-hybridized carbons (Fsp3) is 0.400. The molecule has 1 unspecified atom stereocenters. The normalized spacial score (nSPS) is 18.8. The Morgan fingerprint density at radius 3 is 2.95 bits per heavy atom. The van der Waals surface area contributed by atoms with Crippen molar-refractivity contribution >= 4 is 11.6 Å². The molecule has 0 amide bonds. The first-order valence-corrected chi connectivity index (χ1v) is 7.20. The third-order valence-corrected chi connectivity index (χ3v) is 4.02. The molecule has 20 heavy (non-hydrogen) atoms. The molecule has 0 spiro atoms. The highest BCUT2D eigenvalue weighted by atomic mass is 35.5. The van der Waals surface area contributed by atoms with Crippen LogP contribution in [0.25, 0.3) is 0 Å². The fourth-order valence-corrected chi connectivity index (χ4v) is 2.78. The second kappa shape index (κ2) is 5.85. The second-order valence-corrected chi connectivity index (χ2v) is 5.48. The topological polar surface area (TPSA) is 30.3 Å². The van der Waals surface area contributed by atoms with Crippen molar-refractivity contribution in [2.75, 3.05) is 20.2 Å². The van der Waals surface area contributed by atoms with Crippen molar-refractivity contribution < 1.29 is 4.74 Å². The SMILES string of the molecule is COc1cccc(C2CCN2CCn2cc(Cl)cn2)c1. The first-order valence-electron chi connectivity index (χ1n) is 6.82. The number of benzene rings is 1. The number of likely N-dealkylation sites (tertiary alicyclic amines) is 1. The molecule has 0 radical (unpaired) electrons. The van der Waals surface area contributed by atoms with Crippen molar-refractivity contribution in [1.82, 2.24) is 14.7 Å². The van der Waals surface area contributed by atoms with Crippen LogP contribution >= 0.6 is 11.6 Å². The van der Waals surface area contributed by atoms with Crippen LogP contribution in [0.4, 0.5) is 0 Å². The molecule has 2 aromatic rings. The number of methoxy groups -OCH3 is 1. The van der Waals surface area contributed by atoms with E-state index >= 15 is 0 Å². The Labute approximate surface area is 123 Å². The van der Waals surface area contributed by atoms with Gasteiger partial charge in [-0.05, 0) is 24.1 Å². The smallest absolute Gasteiger partial charge is 0.119 e. The highest BCUT2D eigenvalue weighted by Crippen LogP contribution is 2.34. The molecular weight excluding hydrogens is 274 g/mol. The van der Waals surface area contributed by atoms with Gasteiger partial charge in [0, 0.05) is 25.3 Å². The fourth-order valence-electron chi connectivity index (χ4n) is 2.63. The van der Waals surface area contributed by atoms with Crippen LogP contribution in [0.2, 0.25) is 5.02 Å². The number of ether oxygens (including phenoxy) is 1. The van der Waals surface area contributed by atoms with Crippen LogP contribution in [-0.2, 0) is 6.54 Å². The van der Waals surface area contributed by atoms with E-state index in [1.54, 1.807) is 13.3 Å². The standard InChI is InChI=1S/C15H18ClN3O/c1-20-14-4-2-3-12(9-14)15-5-6-18(15)7-8-19-11-13(16)10-17-19/h2-4,9-11,15H,5-8H2,1H3. The Balaban J connectivity index is 1.61. The van der Waals surface area contributed by atoms with E-state index in [1.165, 1.54) is 12.0 Å². The largest absolute Gasteiger partial charge is 0.497 e. The summed E-state index contributed by atoms with van der Waals surface area (Å²) in [5.41, 5.74) is 1.33. The van der Waals surface area contributed by atoms with Crippen LogP contribution in [0.3, 0.4) is 0 Å². The predicted molar refractivity (Wildman–Crippen MR) is 79.2 cm³/mol. The Bertz CT molecular complexity index is 584. The molecule has 1 saturated heterocycles. The zero-order valence-electron chi connectivity index (χ0n) is 11.5. The quantitative estimate of drug-likeness (QED) is 0.848. The number of hydrogen-bond acceptors (Lipinski definition) is 3. The molecule has 0 bridgehead atoms. The van der Waals surface area contributed by atoms with E-state index in [-0.39, 0.29) is 0 Å². The van der Waals surface area contributed by atoms with Gasteiger partial charge in [0.1, 0.15) is 5.75 Å². The maximum absolute atomic E-state index is 5.87. The number of aromatic nitrogens is 2. The van der Waals surface area contributed by atoms with E-state index in [2.05, 4.69) is 28.2 Å². The minimum Gasteiger partial charge on any atom is -0.497 e. The van der Waals surface area contributed by atoms with Crippen molar-refractivity contribution in [1.29, 1.82) is 0 Å². The van der Waals surface area contributed by atoms with Gasteiger partial charge < -0.3 is 4.74 Å². The van der Waals surface area contributed by atoms with E-state index in [0.717, 1.165) is 25.4 Å². The molecule has 3 rings (SSSR count). The van der Waals surface area contributed by atoms with Crippen LogP contribution in [0.15, 0.2) is 36.7 Å². The van der Waals surface area contributed by atoms with Crippen LogP contribution < -0.4 is 4.74 Å². The van der Waals surface area contributed by atoms with Crippen LogP contribution in [0.1, 0.15) is 18.0 Å². The molecule has 0 N–H and O–H groups in total. The summed E-state index contributed by atoms with van der Waals surface area (Å²) in [4.78, 5) is 2.46. The molecular formula is C15H18ClN3O. The molecule has 1 aliphatic rings. The van der Waals surface area contributed by atoms with E-state index in [4.69, 9.17) is 16.3 Å². The molecule has 1 aliphatic heterocycles. The maximum atomic E-state index is 5.87. The van der Waals surface area contributed by atoms with Gasteiger partial charge in [-0.3, -0.25) is 9.58 Å². The van der Waals surface area contributed by atoms with Crippen molar-refractivity contribution in [3.8, 4) is 5.75 Å². The highest BCUT2D eigenvalue weighted by molar-refractivity contribution is 6.30. The van der Waals surface area contributed by atoms with Crippen LogP contribution in [0.5, 0.6) is 5.75 Å². The summed E-state index contributed by atoms with van der Waals surface area (Å²) in [7, 11) is 1.71. The highest BCUT2D eigenvalue weighted by Gasteiger charge is 2.29. The van der Waals surface area contributed by atoms with E-state index in [1.807, 2.05) is 16.9 Å². The lowest BCUT2D eigenvalue weighted by atomic mass is 9.94. The number of hydrogen-bond donors (Lipinski definition) is 0. The molecule has 106 valence electrons. The summed E-state index contributed by atoms with van der Waals surface area (Å²) in [6, 6.07) is 8.83. The summed E-state index contributed by atoms with van der Waals surface area (Å²) in [5.74, 6) is 0.924. The average Bonchev–Trinajstić information content (AvgIpc) is 2.84. The second-order valence-electron chi connectivity index (χ2n) is 5.04. The van der Waals surface area contributed by atoms with Gasteiger partial charge in [-0.1, -0.05) is 23.7 Å². The molecule has 0 aliphatic carbocycles. The molecule has 1 fully saturated rings. The van der Waals surface area contributed by atoms with Gasteiger partial charge >= 0.3 is 0 Å². The van der Waals surface area contributed by atoms with Gasteiger partial charge in [0.05, 0.1) is 24.9 Å². The maximum Gasteiger partial charge on any atom is 0.119 e. The summed E-state index contributed by atoms with van der Waals surface area (Å²) in [6.07, 6.45) is 4.74. The lowest BCUT2D eigenvalue weighted by Crippen LogP contribution is -2.42. The van der Waals surface area contributed by atoms with Crippen molar-refractivity contribution in [3.05, 3.63) is 47.2 Å². The van der Waals surface area contributed by atoms with Crippen LogP contribution in [-0.4, -0.2) is 34.9 Å². The summed E-state index contributed by atoms with van der Waals surface area (Å²) < 4.78 is 7.19. The molecule has 4 nitrogen and oxygen atoms in total. The van der Waals surface area contributed by atoms with Crippen molar-refractivity contribution in [2.24, 2.45) is 0 Å². The molecule has 1 aromatic heterocycles.